The van der Waals surface area contributed by atoms with Gasteiger partial charge in [-0.3, -0.25) is 14.9 Å². The Kier molecular flexibility index (Phi) is 5.15. The first-order valence-corrected chi connectivity index (χ1v) is 7.51. The fourth-order valence-corrected chi connectivity index (χ4v) is 2.55. The van der Waals surface area contributed by atoms with E-state index in [0.29, 0.717) is 43.9 Å². The fourth-order valence-electron chi connectivity index (χ4n) is 2.55. The van der Waals surface area contributed by atoms with E-state index in [0.717, 1.165) is 0 Å². The summed E-state index contributed by atoms with van der Waals surface area (Å²) >= 11 is 0. The summed E-state index contributed by atoms with van der Waals surface area (Å²) < 4.78 is 0. The Labute approximate surface area is 134 Å². The van der Waals surface area contributed by atoms with E-state index in [1.54, 1.807) is 16.7 Å². The molecule has 1 aliphatic heterocycles. The SMILES string of the molecule is CCNC(=O)N1CCN(C(=O)c2ccc([N+](=O)[O-])c(C)c2)CC1. The molecule has 1 aliphatic rings. The number of hydrogen-bond donors (Lipinski definition) is 1. The highest BCUT2D eigenvalue weighted by Gasteiger charge is 2.25. The van der Waals surface area contributed by atoms with Gasteiger partial charge < -0.3 is 15.1 Å². The molecular formula is C15H20N4O4. The van der Waals surface area contributed by atoms with E-state index in [1.807, 2.05) is 6.92 Å². The second-order valence-electron chi connectivity index (χ2n) is 5.37. The van der Waals surface area contributed by atoms with Crippen LogP contribution in [0.1, 0.15) is 22.8 Å². The Bertz CT molecular complexity index is 624. The molecule has 1 aromatic carbocycles. The third-order valence-electron chi connectivity index (χ3n) is 3.82. The number of benzene rings is 1. The Balaban J connectivity index is 2.01. The highest BCUT2D eigenvalue weighted by atomic mass is 16.6. The molecular weight excluding hydrogens is 300 g/mol. The number of carbonyl (C=O) groups is 2. The highest BCUT2D eigenvalue weighted by molar-refractivity contribution is 5.95. The Morgan fingerprint density at radius 1 is 1.22 bits per heavy atom. The van der Waals surface area contributed by atoms with Crippen molar-refractivity contribution in [3.05, 3.63) is 39.4 Å². The zero-order valence-electron chi connectivity index (χ0n) is 13.2. The van der Waals surface area contributed by atoms with Gasteiger partial charge in [0, 0.05) is 49.9 Å². The summed E-state index contributed by atoms with van der Waals surface area (Å²) in [6, 6.07) is 4.25. The number of aryl methyl sites for hydroxylation is 1. The molecule has 0 unspecified atom stereocenters. The molecule has 0 aliphatic carbocycles. The van der Waals surface area contributed by atoms with Gasteiger partial charge >= 0.3 is 6.03 Å². The molecule has 1 N–H and O–H groups in total. The molecule has 0 spiro atoms. The van der Waals surface area contributed by atoms with Gasteiger partial charge in [-0.15, -0.1) is 0 Å². The van der Waals surface area contributed by atoms with Crippen molar-refractivity contribution in [3.8, 4) is 0 Å². The summed E-state index contributed by atoms with van der Waals surface area (Å²) in [5.74, 6) is -0.168. The van der Waals surface area contributed by atoms with Gasteiger partial charge in [-0.1, -0.05) is 0 Å². The van der Waals surface area contributed by atoms with Crippen molar-refractivity contribution in [1.82, 2.24) is 15.1 Å². The lowest BCUT2D eigenvalue weighted by Gasteiger charge is -2.34. The number of carbonyl (C=O) groups excluding carboxylic acids is 2. The number of rotatable bonds is 3. The number of nitro groups is 1. The van der Waals surface area contributed by atoms with Crippen molar-refractivity contribution in [3.63, 3.8) is 0 Å². The van der Waals surface area contributed by atoms with Crippen molar-refractivity contribution in [2.75, 3.05) is 32.7 Å². The highest BCUT2D eigenvalue weighted by Crippen LogP contribution is 2.20. The molecule has 0 radical (unpaired) electrons. The predicted molar refractivity (Wildman–Crippen MR) is 84.4 cm³/mol. The first-order valence-electron chi connectivity index (χ1n) is 7.51. The number of piperazine rings is 1. The number of amides is 3. The Hall–Kier alpha value is -2.64. The largest absolute Gasteiger partial charge is 0.338 e. The van der Waals surface area contributed by atoms with Gasteiger partial charge in [0.05, 0.1) is 4.92 Å². The van der Waals surface area contributed by atoms with E-state index >= 15 is 0 Å². The van der Waals surface area contributed by atoms with Crippen molar-refractivity contribution in [2.24, 2.45) is 0 Å². The first kappa shape index (κ1) is 16.7. The van der Waals surface area contributed by atoms with Crippen LogP contribution in [-0.4, -0.2) is 59.4 Å². The number of hydrogen-bond acceptors (Lipinski definition) is 4. The van der Waals surface area contributed by atoms with Gasteiger partial charge in [0.2, 0.25) is 0 Å². The maximum atomic E-state index is 12.5. The molecule has 0 aromatic heterocycles. The molecule has 0 bridgehead atoms. The van der Waals surface area contributed by atoms with E-state index in [1.165, 1.54) is 18.2 Å². The summed E-state index contributed by atoms with van der Waals surface area (Å²) in [6.07, 6.45) is 0. The lowest BCUT2D eigenvalue weighted by atomic mass is 10.1. The van der Waals surface area contributed by atoms with Crippen molar-refractivity contribution in [2.45, 2.75) is 13.8 Å². The molecule has 3 amide bonds. The van der Waals surface area contributed by atoms with E-state index in [4.69, 9.17) is 0 Å². The smallest absolute Gasteiger partial charge is 0.317 e. The van der Waals surface area contributed by atoms with E-state index in [2.05, 4.69) is 5.32 Å². The molecule has 0 saturated carbocycles. The summed E-state index contributed by atoms with van der Waals surface area (Å²) in [5, 5.41) is 13.6. The molecule has 23 heavy (non-hydrogen) atoms. The van der Waals surface area contributed by atoms with Crippen LogP contribution in [-0.2, 0) is 0 Å². The van der Waals surface area contributed by atoms with Gasteiger partial charge in [0.15, 0.2) is 0 Å². The summed E-state index contributed by atoms with van der Waals surface area (Å²) in [4.78, 5) is 37.9. The minimum absolute atomic E-state index is 0.00241. The van der Waals surface area contributed by atoms with Crippen molar-refractivity contribution < 1.29 is 14.5 Å². The lowest BCUT2D eigenvalue weighted by molar-refractivity contribution is -0.385. The number of nitrogens with zero attached hydrogens (tertiary/aromatic N) is 3. The second kappa shape index (κ2) is 7.08. The van der Waals surface area contributed by atoms with E-state index < -0.39 is 4.92 Å². The van der Waals surface area contributed by atoms with Crippen LogP contribution in [0.4, 0.5) is 10.5 Å². The molecule has 2 rings (SSSR count). The van der Waals surface area contributed by atoms with E-state index in [9.17, 15) is 19.7 Å². The molecule has 124 valence electrons. The molecule has 8 nitrogen and oxygen atoms in total. The summed E-state index contributed by atoms with van der Waals surface area (Å²) in [5.41, 5.74) is 0.893. The first-order chi connectivity index (χ1) is 10.9. The van der Waals surface area contributed by atoms with Crippen molar-refractivity contribution in [1.29, 1.82) is 0 Å². The molecule has 1 aromatic rings. The Morgan fingerprint density at radius 3 is 2.35 bits per heavy atom. The summed E-state index contributed by atoms with van der Waals surface area (Å²) in [6.45, 7) is 5.89. The van der Waals surface area contributed by atoms with Crippen LogP contribution in [0.25, 0.3) is 0 Å². The topological polar surface area (TPSA) is 95.8 Å². The van der Waals surface area contributed by atoms with Crippen molar-refractivity contribution >= 4 is 17.6 Å². The van der Waals surface area contributed by atoms with Crippen LogP contribution < -0.4 is 5.32 Å². The maximum Gasteiger partial charge on any atom is 0.317 e. The predicted octanol–water partition coefficient (Wildman–Crippen LogP) is 1.39. The van der Waals surface area contributed by atoms with E-state index in [-0.39, 0.29) is 17.6 Å². The molecule has 0 atom stereocenters. The van der Waals surface area contributed by atoms with Crippen LogP contribution in [0, 0.1) is 17.0 Å². The number of nitrogens with one attached hydrogen (secondary N) is 1. The normalized spacial score (nSPS) is 14.5. The number of nitro benzene ring substituents is 1. The second-order valence-corrected chi connectivity index (χ2v) is 5.37. The zero-order chi connectivity index (χ0) is 17.0. The molecule has 1 fully saturated rings. The van der Waals surface area contributed by atoms with Gasteiger partial charge in [-0.25, -0.2) is 4.79 Å². The van der Waals surface area contributed by atoms with Crippen LogP contribution in [0.15, 0.2) is 18.2 Å². The van der Waals surface area contributed by atoms with Crippen LogP contribution in [0.2, 0.25) is 0 Å². The molecule has 8 heteroatoms. The third kappa shape index (κ3) is 3.77. The average Bonchev–Trinajstić information content (AvgIpc) is 2.54. The fraction of sp³-hybridized carbons (Fsp3) is 0.467. The molecule has 1 saturated heterocycles. The number of urea groups is 1. The van der Waals surface area contributed by atoms with Crippen LogP contribution in [0.5, 0.6) is 0 Å². The standard InChI is InChI=1S/C15H20N4O4/c1-3-16-15(21)18-8-6-17(7-9-18)14(20)12-4-5-13(19(22)23)11(2)10-12/h4-5,10H,3,6-9H2,1-2H3,(H,16,21). The summed E-state index contributed by atoms with van der Waals surface area (Å²) in [7, 11) is 0. The minimum atomic E-state index is -0.464. The minimum Gasteiger partial charge on any atom is -0.338 e. The Morgan fingerprint density at radius 2 is 1.83 bits per heavy atom. The van der Waals surface area contributed by atoms with Crippen LogP contribution >= 0.6 is 0 Å². The van der Waals surface area contributed by atoms with Gasteiger partial charge in [0.1, 0.15) is 0 Å². The lowest BCUT2D eigenvalue weighted by Crippen LogP contribution is -2.53. The monoisotopic (exact) mass is 320 g/mol. The van der Waals surface area contributed by atoms with Crippen LogP contribution in [0.3, 0.4) is 0 Å². The molecule has 1 heterocycles. The maximum absolute atomic E-state index is 12.5. The average molecular weight is 320 g/mol. The van der Waals surface area contributed by atoms with Gasteiger partial charge in [-0.2, -0.15) is 0 Å². The quantitative estimate of drug-likeness (QED) is 0.672. The third-order valence-corrected chi connectivity index (χ3v) is 3.82. The van der Waals surface area contributed by atoms with Gasteiger partial charge in [0.25, 0.3) is 11.6 Å². The zero-order valence-corrected chi connectivity index (χ0v) is 13.2. The van der Waals surface area contributed by atoms with Gasteiger partial charge in [-0.05, 0) is 26.0 Å².